The molecule has 0 aromatic heterocycles. The minimum Gasteiger partial charge on any atom is -0.204 e. The maximum absolute atomic E-state index is 15.0. The molecule has 3 aromatic carbocycles. The number of allylic oxidation sites excluding steroid dienone is 6. The summed E-state index contributed by atoms with van der Waals surface area (Å²) in [5.41, 5.74) is -25.0. The highest BCUT2D eigenvalue weighted by Gasteiger charge is 2.49. The van der Waals surface area contributed by atoms with Gasteiger partial charge in [0.15, 0.2) is 69.8 Å². The van der Waals surface area contributed by atoms with Crippen LogP contribution in [0.4, 0.5) is 79.0 Å². The summed E-state index contributed by atoms with van der Waals surface area (Å²) in [4.78, 5) is 0. The minimum atomic E-state index is -6.19. The second kappa shape index (κ2) is 12.2. The Bertz CT molecular complexity index is 2080. The lowest BCUT2D eigenvalue weighted by Crippen LogP contribution is -2.17. The molecule has 1 saturated carbocycles. The summed E-state index contributed by atoms with van der Waals surface area (Å²) in [5.74, 6) is -35.2. The summed E-state index contributed by atoms with van der Waals surface area (Å²) >= 11 is 0. The van der Waals surface area contributed by atoms with Gasteiger partial charge < -0.3 is 0 Å². The van der Waals surface area contributed by atoms with Crippen molar-refractivity contribution in [2.45, 2.75) is 12.4 Å². The van der Waals surface area contributed by atoms with E-state index in [1.807, 2.05) is 0 Å². The van der Waals surface area contributed by atoms with Crippen LogP contribution < -0.4 is 0 Å². The molecule has 1 aliphatic carbocycles. The Morgan fingerprint density at radius 1 is 0.380 bits per heavy atom. The maximum atomic E-state index is 15.0. The van der Waals surface area contributed by atoms with Gasteiger partial charge >= 0.3 is 12.4 Å². The van der Waals surface area contributed by atoms with E-state index in [4.69, 9.17) is 0 Å². The highest BCUT2D eigenvalue weighted by molar-refractivity contribution is 6.12. The lowest BCUT2D eigenvalue weighted by molar-refractivity contribution is -0.144. The normalized spacial score (nSPS) is 16.1. The Hall–Kier alpha value is -5.91. The zero-order valence-electron chi connectivity index (χ0n) is 22.7. The van der Waals surface area contributed by atoms with Crippen LogP contribution in [0.5, 0.6) is 0 Å². The number of benzene rings is 3. The van der Waals surface area contributed by atoms with Crippen molar-refractivity contribution in [3.05, 3.63) is 120 Å². The van der Waals surface area contributed by atoms with Crippen LogP contribution >= 0.6 is 0 Å². The summed E-state index contributed by atoms with van der Waals surface area (Å²) in [7, 11) is 0. The first-order valence-corrected chi connectivity index (χ1v) is 12.1. The third-order valence-electron chi connectivity index (χ3n) is 6.73. The smallest absolute Gasteiger partial charge is 0.204 e. The molecule has 0 spiro atoms. The van der Waals surface area contributed by atoms with Gasteiger partial charge in [0.25, 0.3) is 0 Å². The topological polar surface area (TPSA) is 71.4 Å². The number of nitrogens with zero attached hydrogens (tertiary/aromatic N) is 3. The molecule has 0 saturated heterocycles. The van der Waals surface area contributed by atoms with Crippen molar-refractivity contribution in [1.82, 2.24) is 0 Å². The van der Waals surface area contributed by atoms with Crippen LogP contribution in [0.25, 0.3) is 16.7 Å². The van der Waals surface area contributed by atoms with E-state index >= 15 is 0 Å². The third-order valence-corrected chi connectivity index (χ3v) is 6.73. The molecule has 0 radical (unpaired) electrons. The Balaban J connectivity index is 2.35. The third kappa shape index (κ3) is 5.46. The van der Waals surface area contributed by atoms with E-state index in [2.05, 4.69) is 0 Å². The Labute approximate surface area is 263 Å². The predicted octanol–water partition coefficient (Wildman–Crippen LogP) is 9.64. The van der Waals surface area contributed by atoms with Crippen molar-refractivity contribution < 1.29 is 79.0 Å². The first kappa shape index (κ1) is 36.9. The van der Waals surface area contributed by atoms with Gasteiger partial charge in [-0.05, 0) is 0 Å². The van der Waals surface area contributed by atoms with E-state index in [1.54, 1.807) is 0 Å². The first-order valence-electron chi connectivity index (χ1n) is 12.1. The van der Waals surface area contributed by atoms with E-state index in [-0.39, 0.29) is 0 Å². The molecule has 0 unspecified atom stereocenters. The zero-order chi connectivity index (χ0) is 38.1. The molecule has 50 heavy (non-hydrogen) atoms. The fourth-order valence-corrected chi connectivity index (χ4v) is 4.64. The molecule has 0 N–H and O–H groups in total. The number of alkyl halides is 6. The second-order valence-electron chi connectivity index (χ2n) is 9.44. The zero-order valence-corrected chi connectivity index (χ0v) is 22.7. The van der Waals surface area contributed by atoms with E-state index in [9.17, 15) is 94.8 Å². The highest BCUT2D eigenvalue weighted by atomic mass is 19.4. The summed E-state index contributed by atoms with van der Waals surface area (Å²) in [6, 6.07) is 1.76. The maximum Gasteiger partial charge on any atom is 0.422 e. The standard InChI is InChI=1S/C29HF18N3/c30-8-1-9(31)19(33)13(18(8)32)5(2-48)10-11(6(3-49)14-20(34)24(38)16(28(42,43)44)25(39)21(14)35)12(10)7(4-50)15-22(36)26(40)17(29(45,46)47)27(41)23(15)37/h1H/b10-5-,11-6?,12-7-. The Morgan fingerprint density at radius 3 is 0.800 bits per heavy atom. The lowest BCUT2D eigenvalue weighted by Gasteiger charge is -2.14. The molecule has 0 bridgehead atoms. The van der Waals surface area contributed by atoms with Gasteiger partial charge in [-0.1, -0.05) is 0 Å². The van der Waals surface area contributed by atoms with Crippen LogP contribution in [0.2, 0.25) is 0 Å². The van der Waals surface area contributed by atoms with Crippen LogP contribution in [0.15, 0.2) is 22.8 Å². The van der Waals surface area contributed by atoms with Crippen molar-refractivity contribution in [3.8, 4) is 18.2 Å². The van der Waals surface area contributed by atoms with Crippen LogP contribution in [0.3, 0.4) is 0 Å². The summed E-state index contributed by atoms with van der Waals surface area (Å²) in [5, 5.41) is 29.0. The van der Waals surface area contributed by atoms with Gasteiger partial charge in [0.1, 0.15) is 29.3 Å². The number of hydrogen-bond acceptors (Lipinski definition) is 3. The minimum absolute atomic E-state index is 0.466. The summed E-state index contributed by atoms with van der Waals surface area (Å²) < 4.78 is 254. The van der Waals surface area contributed by atoms with Gasteiger partial charge in [0, 0.05) is 22.8 Å². The van der Waals surface area contributed by atoms with Gasteiger partial charge in [-0.3, -0.25) is 0 Å². The lowest BCUT2D eigenvalue weighted by atomic mass is 9.98. The van der Waals surface area contributed by atoms with E-state index in [1.165, 1.54) is 0 Å². The van der Waals surface area contributed by atoms with Crippen molar-refractivity contribution >= 4 is 16.7 Å². The van der Waals surface area contributed by atoms with Gasteiger partial charge in [-0.25, -0.2) is 52.7 Å². The molecule has 0 heterocycles. The molecule has 3 nitrogen and oxygen atoms in total. The quantitative estimate of drug-likeness (QED) is 0.153. The molecule has 0 aliphatic heterocycles. The molecule has 21 heteroatoms. The second-order valence-corrected chi connectivity index (χ2v) is 9.44. The van der Waals surface area contributed by atoms with Crippen LogP contribution in [0, 0.1) is 104 Å². The molecule has 258 valence electrons. The Morgan fingerprint density at radius 2 is 0.600 bits per heavy atom. The van der Waals surface area contributed by atoms with E-state index < -0.39 is 149 Å². The van der Waals surface area contributed by atoms with Gasteiger partial charge in [0.05, 0.1) is 33.4 Å². The molecular formula is C29HF18N3. The van der Waals surface area contributed by atoms with Gasteiger partial charge in [0.2, 0.25) is 0 Å². The molecule has 0 atom stereocenters. The fourth-order valence-electron chi connectivity index (χ4n) is 4.64. The van der Waals surface area contributed by atoms with E-state index in [0.29, 0.717) is 12.1 Å². The number of halogens is 18. The number of rotatable bonds is 3. The average molecular weight is 733 g/mol. The molecule has 4 rings (SSSR count). The van der Waals surface area contributed by atoms with Crippen molar-refractivity contribution in [1.29, 1.82) is 15.8 Å². The highest BCUT2D eigenvalue weighted by Crippen LogP contribution is 2.57. The van der Waals surface area contributed by atoms with Crippen LogP contribution in [-0.2, 0) is 12.4 Å². The van der Waals surface area contributed by atoms with Crippen LogP contribution in [-0.4, -0.2) is 0 Å². The van der Waals surface area contributed by atoms with Crippen molar-refractivity contribution in [2.24, 2.45) is 0 Å². The van der Waals surface area contributed by atoms with Crippen LogP contribution in [0.1, 0.15) is 27.8 Å². The van der Waals surface area contributed by atoms with E-state index in [0.717, 1.165) is 6.07 Å². The number of nitriles is 3. The first-order chi connectivity index (χ1) is 23.0. The largest absolute Gasteiger partial charge is 0.422 e. The molecule has 3 aromatic rings. The molecule has 1 aliphatic rings. The number of hydrogen-bond donors (Lipinski definition) is 0. The van der Waals surface area contributed by atoms with Gasteiger partial charge in [-0.2, -0.15) is 42.1 Å². The summed E-state index contributed by atoms with van der Waals surface area (Å²) in [6.45, 7) is 0. The summed E-state index contributed by atoms with van der Waals surface area (Å²) in [6.07, 6.45) is -12.4. The molecular weight excluding hydrogens is 732 g/mol. The average Bonchev–Trinajstić information content (AvgIpc) is 3.73. The monoisotopic (exact) mass is 733 g/mol. The van der Waals surface area contributed by atoms with Gasteiger partial charge in [-0.15, -0.1) is 0 Å². The molecule has 1 fully saturated rings. The van der Waals surface area contributed by atoms with Crippen molar-refractivity contribution in [3.63, 3.8) is 0 Å². The fraction of sp³-hybridized carbons (Fsp3) is 0.0690. The SMILES string of the molecule is N#CC(=C1C(=C(\C#N)c2c(F)c(F)cc(F)c2F)/C1=C(\C#N)c1c(F)c(F)c(C(F)(F)F)c(F)c1F)c1c(F)c(F)c(C(F)(F)F)c(F)c1F. The van der Waals surface area contributed by atoms with Crippen molar-refractivity contribution in [2.75, 3.05) is 0 Å². The molecule has 0 amide bonds. The predicted molar refractivity (Wildman–Crippen MR) is 126 cm³/mol. The Kier molecular flexibility index (Phi) is 9.01.